The first-order valence-electron chi connectivity index (χ1n) is 10.5. The van der Waals surface area contributed by atoms with Crippen molar-refractivity contribution in [3.63, 3.8) is 0 Å². The van der Waals surface area contributed by atoms with Gasteiger partial charge in [-0.1, -0.05) is 0 Å². The number of hydrogen-bond acceptors (Lipinski definition) is 6. The van der Waals surface area contributed by atoms with Crippen molar-refractivity contribution in [2.24, 2.45) is 0 Å². The molecule has 0 spiro atoms. The fourth-order valence-corrected chi connectivity index (χ4v) is 5.36. The minimum Gasteiger partial charge on any atom is -0.496 e. The van der Waals surface area contributed by atoms with Crippen molar-refractivity contribution in [2.45, 2.75) is 45.4 Å². The third-order valence-electron chi connectivity index (χ3n) is 6.14. The molecular formula is C22H29N3O4S. The number of ether oxygens (including phenoxy) is 1. The van der Waals surface area contributed by atoms with Crippen LogP contribution in [0, 0.1) is 6.92 Å². The van der Waals surface area contributed by atoms with Crippen molar-refractivity contribution >= 4 is 17.2 Å². The van der Waals surface area contributed by atoms with Gasteiger partial charge in [0, 0.05) is 62.3 Å². The second-order valence-corrected chi connectivity index (χ2v) is 9.13. The van der Waals surface area contributed by atoms with Gasteiger partial charge in [0.2, 0.25) is 0 Å². The van der Waals surface area contributed by atoms with Crippen LogP contribution in [0.2, 0.25) is 0 Å². The zero-order valence-electron chi connectivity index (χ0n) is 17.6. The topological polar surface area (TPSA) is 75.0 Å². The van der Waals surface area contributed by atoms with E-state index < -0.39 is 6.10 Å². The average molecular weight is 432 g/mol. The van der Waals surface area contributed by atoms with Crippen LogP contribution in [0.5, 0.6) is 5.75 Å². The van der Waals surface area contributed by atoms with E-state index in [0.29, 0.717) is 43.8 Å². The largest absolute Gasteiger partial charge is 0.496 e. The summed E-state index contributed by atoms with van der Waals surface area (Å²) in [7, 11) is 1.50. The number of β-amino-alcohol motifs (C(OH)–C–C–N with tert-alkyl or cyclic N) is 1. The standard InChI is InChI=1S/C22H29N3O4S/c1-15-6-11-30-19(15)14-23-8-5-17-21(22(28)24-7-3-4-16(26)13-24)18(29-2)12-20(27)25(17)10-9-23/h6,11-12,16,26H,3-5,7-10,13-14H2,1-2H3/t16-/m1/s1. The fraction of sp³-hybridized carbons (Fsp3) is 0.545. The fourth-order valence-electron chi connectivity index (χ4n) is 4.41. The number of thiophene rings is 1. The molecular weight excluding hydrogens is 402 g/mol. The highest BCUT2D eigenvalue weighted by Crippen LogP contribution is 2.27. The molecule has 30 heavy (non-hydrogen) atoms. The molecule has 1 amide bonds. The number of piperidine rings is 1. The van der Waals surface area contributed by atoms with Gasteiger partial charge in [-0.15, -0.1) is 11.3 Å². The Labute approximate surface area is 180 Å². The number of likely N-dealkylation sites (tertiary alicyclic amines) is 1. The predicted molar refractivity (Wildman–Crippen MR) is 116 cm³/mol. The maximum Gasteiger partial charge on any atom is 0.259 e. The summed E-state index contributed by atoms with van der Waals surface area (Å²) in [6, 6.07) is 3.56. The highest BCUT2D eigenvalue weighted by atomic mass is 32.1. The SMILES string of the molecule is COc1cc(=O)n2c(c1C(=O)N1CCC[C@@H](O)C1)CCN(Cc1sccc1C)CC2. The Kier molecular flexibility index (Phi) is 6.26. The minimum absolute atomic E-state index is 0.133. The molecule has 2 aromatic heterocycles. The number of aryl methyl sites for hydroxylation is 1. The zero-order chi connectivity index (χ0) is 21.3. The molecule has 1 atom stereocenters. The second kappa shape index (κ2) is 8.91. The lowest BCUT2D eigenvalue weighted by Gasteiger charge is -2.31. The Balaban J connectivity index is 1.64. The summed E-state index contributed by atoms with van der Waals surface area (Å²) in [6.07, 6.45) is 1.60. The van der Waals surface area contributed by atoms with E-state index in [4.69, 9.17) is 4.74 Å². The zero-order valence-corrected chi connectivity index (χ0v) is 18.4. The first-order chi connectivity index (χ1) is 14.5. The highest BCUT2D eigenvalue weighted by molar-refractivity contribution is 7.10. The van der Waals surface area contributed by atoms with Crippen molar-refractivity contribution in [3.8, 4) is 5.75 Å². The number of nitrogens with zero attached hydrogens (tertiary/aromatic N) is 3. The van der Waals surface area contributed by atoms with Gasteiger partial charge in [-0.25, -0.2) is 0 Å². The molecule has 2 aliphatic heterocycles. The third-order valence-corrected chi connectivity index (χ3v) is 7.15. The van der Waals surface area contributed by atoms with Crippen LogP contribution in [-0.4, -0.2) is 64.8 Å². The first kappa shape index (κ1) is 21.1. The lowest BCUT2D eigenvalue weighted by atomic mass is 10.0. The smallest absolute Gasteiger partial charge is 0.259 e. The number of fused-ring (bicyclic) bond motifs is 1. The summed E-state index contributed by atoms with van der Waals surface area (Å²) in [6.45, 7) is 5.99. The van der Waals surface area contributed by atoms with E-state index in [1.807, 2.05) is 0 Å². The van der Waals surface area contributed by atoms with Gasteiger partial charge in [-0.2, -0.15) is 0 Å². The van der Waals surface area contributed by atoms with E-state index in [1.54, 1.807) is 20.8 Å². The minimum atomic E-state index is -0.497. The van der Waals surface area contributed by atoms with Gasteiger partial charge in [-0.3, -0.25) is 14.5 Å². The van der Waals surface area contributed by atoms with Crippen molar-refractivity contribution in [1.29, 1.82) is 0 Å². The molecule has 162 valence electrons. The molecule has 8 heteroatoms. The predicted octanol–water partition coefficient (Wildman–Crippen LogP) is 1.88. The molecule has 0 aliphatic carbocycles. The summed E-state index contributed by atoms with van der Waals surface area (Å²) in [5.41, 5.74) is 2.38. The summed E-state index contributed by atoms with van der Waals surface area (Å²) >= 11 is 1.76. The van der Waals surface area contributed by atoms with Gasteiger partial charge in [-0.05, 0) is 36.8 Å². The van der Waals surface area contributed by atoms with Crippen LogP contribution >= 0.6 is 11.3 Å². The number of aromatic nitrogens is 1. The molecule has 4 rings (SSSR count). The molecule has 1 fully saturated rings. The monoisotopic (exact) mass is 431 g/mol. The van der Waals surface area contributed by atoms with Gasteiger partial charge in [0.15, 0.2) is 0 Å². The van der Waals surface area contributed by atoms with Gasteiger partial charge >= 0.3 is 0 Å². The van der Waals surface area contributed by atoms with Gasteiger partial charge in [0.05, 0.1) is 13.2 Å². The molecule has 0 saturated carbocycles. The van der Waals surface area contributed by atoms with Crippen LogP contribution in [0.4, 0.5) is 0 Å². The maximum absolute atomic E-state index is 13.4. The van der Waals surface area contributed by atoms with E-state index in [2.05, 4.69) is 23.3 Å². The van der Waals surface area contributed by atoms with E-state index in [-0.39, 0.29) is 11.5 Å². The van der Waals surface area contributed by atoms with Crippen LogP contribution in [-0.2, 0) is 19.5 Å². The number of carbonyl (C=O) groups excluding carboxylic acids is 1. The Hall–Kier alpha value is -2.16. The number of hydrogen-bond donors (Lipinski definition) is 1. The van der Waals surface area contributed by atoms with Gasteiger partial charge < -0.3 is 19.3 Å². The average Bonchev–Trinajstić information content (AvgIpc) is 3.01. The first-order valence-corrected chi connectivity index (χ1v) is 11.4. The summed E-state index contributed by atoms with van der Waals surface area (Å²) in [4.78, 5) is 31.6. The quantitative estimate of drug-likeness (QED) is 0.800. The van der Waals surface area contributed by atoms with Crippen molar-refractivity contribution in [3.05, 3.63) is 49.6 Å². The number of pyridine rings is 1. The van der Waals surface area contributed by atoms with Crippen LogP contribution in [0.1, 0.15) is 39.3 Å². The maximum atomic E-state index is 13.4. The van der Waals surface area contributed by atoms with Gasteiger partial charge in [0.1, 0.15) is 11.3 Å². The number of amides is 1. The lowest BCUT2D eigenvalue weighted by Crippen LogP contribution is -2.43. The molecule has 0 bridgehead atoms. The van der Waals surface area contributed by atoms with Gasteiger partial charge in [0.25, 0.3) is 11.5 Å². The van der Waals surface area contributed by atoms with Crippen molar-refractivity contribution in [1.82, 2.24) is 14.4 Å². The molecule has 2 aliphatic rings. The Morgan fingerprint density at radius 2 is 2.13 bits per heavy atom. The number of methoxy groups -OCH3 is 1. The molecule has 2 aromatic rings. The molecule has 1 N–H and O–H groups in total. The Morgan fingerprint density at radius 3 is 2.83 bits per heavy atom. The number of aliphatic hydroxyl groups excluding tert-OH is 1. The van der Waals surface area contributed by atoms with Crippen LogP contribution < -0.4 is 10.3 Å². The molecule has 1 saturated heterocycles. The highest BCUT2D eigenvalue weighted by Gasteiger charge is 2.30. The van der Waals surface area contributed by atoms with Crippen LogP contribution in [0.25, 0.3) is 0 Å². The van der Waals surface area contributed by atoms with Crippen LogP contribution in [0.3, 0.4) is 0 Å². The van der Waals surface area contributed by atoms with E-state index in [9.17, 15) is 14.7 Å². The summed E-state index contributed by atoms with van der Waals surface area (Å²) in [5, 5.41) is 12.1. The molecule has 0 unspecified atom stereocenters. The second-order valence-electron chi connectivity index (χ2n) is 8.12. The molecule has 0 radical (unpaired) electrons. The molecule has 4 heterocycles. The lowest BCUT2D eigenvalue weighted by molar-refractivity contribution is 0.0469. The summed E-state index contributed by atoms with van der Waals surface area (Å²) < 4.78 is 7.20. The third kappa shape index (κ3) is 4.17. The summed E-state index contributed by atoms with van der Waals surface area (Å²) in [5.74, 6) is 0.177. The van der Waals surface area contributed by atoms with Crippen molar-refractivity contribution < 1.29 is 14.6 Å². The van der Waals surface area contributed by atoms with E-state index in [1.165, 1.54) is 23.6 Å². The number of aliphatic hydroxyl groups is 1. The number of rotatable bonds is 4. The van der Waals surface area contributed by atoms with E-state index in [0.717, 1.165) is 31.7 Å². The normalized spacial score (nSPS) is 20.0. The van der Waals surface area contributed by atoms with Crippen LogP contribution in [0.15, 0.2) is 22.3 Å². The van der Waals surface area contributed by atoms with E-state index >= 15 is 0 Å². The Morgan fingerprint density at radius 1 is 1.30 bits per heavy atom. The molecule has 0 aromatic carbocycles. The number of carbonyl (C=O) groups is 1. The molecule has 7 nitrogen and oxygen atoms in total. The Bertz CT molecular complexity index is 983. The van der Waals surface area contributed by atoms with Crippen molar-refractivity contribution in [2.75, 3.05) is 33.3 Å².